The van der Waals surface area contributed by atoms with E-state index < -0.39 is 27.2 Å². The summed E-state index contributed by atoms with van der Waals surface area (Å²) in [7, 11) is -6.32. The van der Waals surface area contributed by atoms with Crippen LogP contribution in [0.25, 0.3) is 6.08 Å². The molecule has 0 heterocycles. The van der Waals surface area contributed by atoms with Crippen molar-refractivity contribution in [2.45, 2.75) is 11.4 Å². The van der Waals surface area contributed by atoms with Crippen LogP contribution in [0, 0.1) is 0 Å². The molecule has 0 aromatic heterocycles. The van der Waals surface area contributed by atoms with Crippen LogP contribution in [0.2, 0.25) is 0 Å². The Bertz CT molecular complexity index is 577. The van der Waals surface area contributed by atoms with Crippen molar-refractivity contribution < 1.29 is 55.6 Å². The number of ether oxygens (including phenoxy) is 1. The van der Waals surface area contributed by atoms with Gasteiger partial charge in [-0.15, -0.1) is 0 Å². The molecule has 20 heavy (non-hydrogen) atoms. The van der Waals surface area contributed by atoms with Crippen molar-refractivity contribution in [1.29, 1.82) is 0 Å². The standard InChI is InChI=1S/C10H8F4O4S.Li.H/c1-2-7-3-5-8(6-4-7)18-9(11,12)10(13,14)19(15,16)17;;/h2-6H,1H2,(H,15,16,17);;/q;+1;-1. The van der Waals surface area contributed by atoms with Gasteiger partial charge in [0.25, 0.3) is 0 Å². The molecule has 108 valence electrons. The Balaban J connectivity index is 0. The van der Waals surface area contributed by atoms with Crippen molar-refractivity contribution in [3.63, 3.8) is 0 Å². The van der Waals surface area contributed by atoms with Crippen LogP contribution in [0.3, 0.4) is 0 Å². The Hall–Kier alpha value is -1.01. The minimum absolute atomic E-state index is 0. The molecule has 0 amide bonds. The van der Waals surface area contributed by atoms with Crippen molar-refractivity contribution >= 4 is 16.2 Å². The van der Waals surface area contributed by atoms with Crippen LogP contribution in [-0.4, -0.2) is 24.3 Å². The van der Waals surface area contributed by atoms with Crippen LogP contribution in [0.15, 0.2) is 30.8 Å². The van der Waals surface area contributed by atoms with Crippen LogP contribution >= 0.6 is 0 Å². The molecule has 1 N–H and O–H groups in total. The predicted octanol–water partition coefficient (Wildman–Crippen LogP) is -0.102. The van der Waals surface area contributed by atoms with Crippen molar-refractivity contribution in [1.82, 2.24) is 0 Å². The molecule has 0 radical (unpaired) electrons. The van der Waals surface area contributed by atoms with Crippen molar-refractivity contribution in [2.24, 2.45) is 0 Å². The molecular weight excluding hydrogens is 299 g/mol. The molecule has 0 aliphatic carbocycles. The van der Waals surface area contributed by atoms with E-state index >= 15 is 0 Å². The van der Waals surface area contributed by atoms with Crippen LogP contribution in [0.4, 0.5) is 17.6 Å². The molecule has 1 aromatic carbocycles. The molecule has 0 bridgehead atoms. The zero-order chi connectivity index (χ0) is 14.9. The summed E-state index contributed by atoms with van der Waals surface area (Å²) in [6, 6.07) is 4.32. The van der Waals surface area contributed by atoms with E-state index in [0.29, 0.717) is 5.56 Å². The summed E-state index contributed by atoms with van der Waals surface area (Å²) in [5, 5.41) is -5.77. The molecule has 10 heteroatoms. The minimum atomic E-state index is -6.32. The maximum absolute atomic E-state index is 13.0. The van der Waals surface area contributed by atoms with E-state index in [1.807, 2.05) is 0 Å². The summed E-state index contributed by atoms with van der Waals surface area (Å²) in [5.41, 5.74) is 0.511. The van der Waals surface area contributed by atoms with E-state index in [-0.39, 0.29) is 20.3 Å². The van der Waals surface area contributed by atoms with Crippen LogP contribution in [0.1, 0.15) is 6.99 Å². The first kappa shape index (κ1) is 19.0. The summed E-state index contributed by atoms with van der Waals surface area (Å²) in [6.45, 7) is 3.39. The molecule has 4 nitrogen and oxygen atoms in total. The van der Waals surface area contributed by atoms with Crippen molar-refractivity contribution in [3.8, 4) is 5.75 Å². The van der Waals surface area contributed by atoms with Gasteiger partial charge in [0.05, 0.1) is 0 Å². The number of hydrogen-bond acceptors (Lipinski definition) is 3. The first-order valence-electron chi connectivity index (χ1n) is 4.65. The number of alkyl halides is 4. The Morgan fingerprint density at radius 2 is 1.65 bits per heavy atom. The zero-order valence-electron chi connectivity index (χ0n) is 11.2. The van der Waals surface area contributed by atoms with Gasteiger partial charge in [-0.3, -0.25) is 4.55 Å². The van der Waals surface area contributed by atoms with Gasteiger partial charge in [-0.2, -0.15) is 26.0 Å². The van der Waals surface area contributed by atoms with E-state index in [4.69, 9.17) is 4.55 Å². The fourth-order valence-corrected chi connectivity index (χ4v) is 1.37. The second-order valence-electron chi connectivity index (χ2n) is 3.38. The third-order valence-electron chi connectivity index (χ3n) is 2.02. The fraction of sp³-hybridized carbons (Fsp3) is 0.200. The summed E-state index contributed by atoms with van der Waals surface area (Å²) in [6.07, 6.45) is -4.05. The third-order valence-corrected chi connectivity index (χ3v) is 2.91. The molecule has 0 aliphatic heterocycles. The Labute approximate surface area is 125 Å². The first-order valence-corrected chi connectivity index (χ1v) is 6.09. The molecule has 0 spiro atoms. The van der Waals surface area contributed by atoms with Crippen LogP contribution in [-0.2, 0) is 10.1 Å². The van der Waals surface area contributed by atoms with Gasteiger partial charge < -0.3 is 6.16 Å². The molecule has 0 unspecified atom stereocenters. The molecule has 1 aromatic rings. The maximum atomic E-state index is 13.0. The van der Waals surface area contributed by atoms with E-state index in [1.54, 1.807) is 0 Å². The molecule has 0 atom stereocenters. The van der Waals surface area contributed by atoms with Gasteiger partial charge in [0.15, 0.2) is 0 Å². The van der Waals surface area contributed by atoms with Crippen molar-refractivity contribution in [3.05, 3.63) is 36.4 Å². The average molecular weight is 308 g/mol. The molecule has 1 rings (SSSR count). The van der Waals surface area contributed by atoms with E-state index in [2.05, 4.69) is 11.3 Å². The fourth-order valence-electron chi connectivity index (χ4n) is 1.03. The van der Waals surface area contributed by atoms with Crippen LogP contribution in [0.5, 0.6) is 5.75 Å². The zero-order valence-corrected chi connectivity index (χ0v) is 11.0. The third kappa shape index (κ3) is 3.76. The number of halogens is 4. The van der Waals surface area contributed by atoms with Crippen LogP contribution < -0.4 is 23.6 Å². The molecular formula is C10H9F4LiO4S. The monoisotopic (exact) mass is 308 g/mol. The quantitative estimate of drug-likeness (QED) is 0.469. The minimum Gasteiger partial charge on any atom is -1.00 e. The normalized spacial score (nSPS) is 12.4. The molecule has 0 saturated carbocycles. The van der Waals surface area contributed by atoms with E-state index in [1.165, 1.54) is 18.2 Å². The second-order valence-corrected chi connectivity index (χ2v) is 4.85. The average Bonchev–Trinajstić information content (AvgIpc) is 2.28. The number of hydrogen-bond donors (Lipinski definition) is 1. The van der Waals surface area contributed by atoms with Gasteiger partial charge in [-0.1, -0.05) is 24.8 Å². The predicted molar refractivity (Wildman–Crippen MR) is 59.7 cm³/mol. The molecule has 0 fully saturated rings. The van der Waals surface area contributed by atoms with Gasteiger partial charge in [-0.05, 0) is 17.7 Å². The Kier molecular flexibility index (Phi) is 5.86. The second kappa shape index (κ2) is 6.18. The SMILES string of the molecule is C=Cc1ccc(OC(F)(F)C(F)(F)S(=O)(=O)O)cc1.[H-].[Li+]. The van der Waals surface area contributed by atoms with Gasteiger partial charge >= 0.3 is 40.3 Å². The number of rotatable bonds is 5. The van der Waals surface area contributed by atoms with Gasteiger partial charge in [0.1, 0.15) is 5.75 Å². The van der Waals surface area contributed by atoms with Gasteiger partial charge in [0.2, 0.25) is 0 Å². The van der Waals surface area contributed by atoms with E-state index in [9.17, 15) is 26.0 Å². The topological polar surface area (TPSA) is 63.6 Å². The number of benzene rings is 1. The van der Waals surface area contributed by atoms with Gasteiger partial charge in [0, 0.05) is 0 Å². The molecule has 0 aliphatic rings. The van der Waals surface area contributed by atoms with Crippen molar-refractivity contribution in [2.75, 3.05) is 0 Å². The Morgan fingerprint density at radius 1 is 1.20 bits per heavy atom. The summed E-state index contributed by atoms with van der Waals surface area (Å²) < 4.78 is 83.9. The first-order chi connectivity index (χ1) is 8.51. The summed E-state index contributed by atoms with van der Waals surface area (Å²) >= 11 is 0. The largest absolute Gasteiger partial charge is 1.00 e. The maximum Gasteiger partial charge on any atom is 1.00 e. The van der Waals surface area contributed by atoms with Gasteiger partial charge in [-0.25, -0.2) is 0 Å². The van der Waals surface area contributed by atoms with E-state index in [0.717, 1.165) is 12.1 Å². The Morgan fingerprint density at radius 3 is 2.00 bits per heavy atom. The molecule has 0 saturated heterocycles. The smallest absolute Gasteiger partial charge is 1.00 e. The summed E-state index contributed by atoms with van der Waals surface area (Å²) in [4.78, 5) is 0. The summed E-state index contributed by atoms with van der Waals surface area (Å²) in [5.74, 6) is -0.695.